The van der Waals surface area contributed by atoms with E-state index < -0.39 is 23.7 Å². The molecule has 0 saturated carbocycles. The fourth-order valence-corrected chi connectivity index (χ4v) is 3.83. The van der Waals surface area contributed by atoms with Crippen LogP contribution in [-0.2, 0) is 23.5 Å². The van der Waals surface area contributed by atoms with Gasteiger partial charge in [-0.2, -0.15) is 0 Å². The molecule has 1 atom stereocenters. The highest BCUT2D eigenvalue weighted by atomic mass is 16.3. The summed E-state index contributed by atoms with van der Waals surface area (Å²) in [6.07, 6.45) is -0.0239. The number of rotatable bonds is 4. The number of pyridine rings is 2. The van der Waals surface area contributed by atoms with E-state index in [4.69, 9.17) is 5.84 Å². The molecule has 4 rings (SSSR count). The lowest BCUT2D eigenvalue weighted by molar-refractivity contribution is -0.141. The van der Waals surface area contributed by atoms with Crippen molar-refractivity contribution in [3.63, 3.8) is 0 Å². The molecule has 28 heavy (non-hydrogen) atoms. The van der Waals surface area contributed by atoms with Gasteiger partial charge in [-0.1, -0.05) is 25.1 Å². The van der Waals surface area contributed by atoms with E-state index in [9.17, 15) is 19.8 Å². The van der Waals surface area contributed by atoms with Crippen LogP contribution in [0.1, 0.15) is 30.0 Å². The van der Waals surface area contributed by atoms with Gasteiger partial charge in [0.2, 0.25) is 0 Å². The largest absolute Gasteiger partial charge is 0.391 e. The summed E-state index contributed by atoms with van der Waals surface area (Å²) >= 11 is 0. The lowest BCUT2D eigenvalue weighted by Crippen LogP contribution is -2.48. The van der Waals surface area contributed by atoms with Crippen molar-refractivity contribution in [2.24, 2.45) is 5.84 Å². The number of carbonyl (C=O) groups excluding carboxylic acids is 1. The van der Waals surface area contributed by atoms with E-state index in [2.05, 4.69) is 4.98 Å². The third-order valence-electron chi connectivity index (χ3n) is 5.40. The number of fused-ring (bicyclic) bond motifs is 4. The standard InChI is InChI=1S/C20H20N4O4/c1-2-20(28,19(27)23-21)14-8-16-17-12(9-24(16)18(26)13(14)10-25)7-11-5-3-4-6-15(11)22-17/h3-8,25,28H,2,9-10,21H2,1H3,(H,23,27)/t20-/m1/s1. The number of hydrazine groups is 1. The van der Waals surface area contributed by atoms with Crippen LogP contribution in [0, 0.1) is 0 Å². The molecule has 1 aliphatic heterocycles. The Morgan fingerprint density at radius 2 is 2.11 bits per heavy atom. The first kappa shape index (κ1) is 18.3. The van der Waals surface area contributed by atoms with Crippen molar-refractivity contribution in [1.29, 1.82) is 0 Å². The lowest BCUT2D eigenvalue weighted by atomic mass is 9.87. The number of carbonyl (C=O) groups is 1. The van der Waals surface area contributed by atoms with Crippen molar-refractivity contribution in [3.8, 4) is 11.4 Å². The zero-order valence-electron chi connectivity index (χ0n) is 15.3. The number of nitrogens with two attached hydrogens (primary N) is 1. The van der Waals surface area contributed by atoms with E-state index in [0.29, 0.717) is 17.9 Å². The van der Waals surface area contributed by atoms with Gasteiger partial charge in [-0.05, 0) is 24.6 Å². The minimum absolute atomic E-state index is 0.0239. The second-order valence-electron chi connectivity index (χ2n) is 6.85. The third kappa shape index (κ3) is 2.46. The number of benzene rings is 1. The van der Waals surface area contributed by atoms with Crippen LogP contribution >= 0.6 is 0 Å². The molecule has 0 aliphatic carbocycles. The van der Waals surface area contributed by atoms with Crippen LogP contribution < -0.4 is 16.8 Å². The van der Waals surface area contributed by atoms with Crippen LogP contribution in [-0.4, -0.2) is 25.7 Å². The van der Waals surface area contributed by atoms with E-state index in [1.807, 2.05) is 35.8 Å². The molecule has 8 heteroatoms. The number of hydrogen-bond donors (Lipinski definition) is 4. The number of para-hydroxylation sites is 1. The predicted molar refractivity (Wildman–Crippen MR) is 103 cm³/mol. The number of nitrogens with one attached hydrogen (secondary N) is 1. The molecule has 0 fully saturated rings. The Morgan fingerprint density at radius 1 is 1.36 bits per heavy atom. The maximum absolute atomic E-state index is 13.0. The fourth-order valence-electron chi connectivity index (χ4n) is 3.83. The molecular formula is C20H20N4O4. The SMILES string of the molecule is CC[C@](O)(C(=O)NN)c1cc2n(c(=O)c1CO)Cc1cc3ccccc3nc1-2. The second-order valence-corrected chi connectivity index (χ2v) is 6.85. The Kier molecular flexibility index (Phi) is 4.26. The zero-order chi connectivity index (χ0) is 20.1. The average Bonchev–Trinajstić information content (AvgIpc) is 3.08. The summed E-state index contributed by atoms with van der Waals surface area (Å²) in [5, 5.41) is 21.7. The first-order chi connectivity index (χ1) is 13.4. The number of amides is 1. The molecule has 1 aromatic carbocycles. The maximum atomic E-state index is 13.0. The summed E-state index contributed by atoms with van der Waals surface area (Å²) in [4.78, 5) is 30.0. The Morgan fingerprint density at radius 3 is 2.79 bits per heavy atom. The molecule has 0 radical (unpaired) electrons. The molecule has 0 saturated heterocycles. The van der Waals surface area contributed by atoms with E-state index >= 15 is 0 Å². The van der Waals surface area contributed by atoms with Gasteiger partial charge in [0.25, 0.3) is 11.5 Å². The topological polar surface area (TPSA) is 130 Å². The minimum Gasteiger partial charge on any atom is -0.391 e. The van der Waals surface area contributed by atoms with Gasteiger partial charge in [-0.15, -0.1) is 0 Å². The monoisotopic (exact) mass is 380 g/mol. The highest BCUT2D eigenvalue weighted by Gasteiger charge is 2.40. The van der Waals surface area contributed by atoms with Crippen LogP contribution in [0.3, 0.4) is 0 Å². The predicted octanol–water partition coefficient (Wildman–Crippen LogP) is 0.505. The van der Waals surface area contributed by atoms with Crippen molar-refractivity contribution in [1.82, 2.24) is 15.0 Å². The molecule has 2 aromatic heterocycles. The van der Waals surface area contributed by atoms with E-state index in [1.165, 1.54) is 4.57 Å². The van der Waals surface area contributed by atoms with Crippen LogP contribution in [0.25, 0.3) is 22.3 Å². The summed E-state index contributed by atoms with van der Waals surface area (Å²) in [5.41, 5.74) is 2.20. The Bertz CT molecular complexity index is 1170. The third-order valence-corrected chi connectivity index (χ3v) is 5.40. The summed E-state index contributed by atoms with van der Waals surface area (Å²) in [6.45, 7) is 1.30. The minimum atomic E-state index is -2.04. The molecule has 3 heterocycles. The van der Waals surface area contributed by atoms with Crippen molar-refractivity contribution in [2.45, 2.75) is 32.1 Å². The smallest absolute Gasteiger partial charge is 0.270 e. The summed E-state index contributed by atoms with van der Waals surface area (Å²) in [7, 11) is 0. The first-order valence-electron chi connectivity index (χ1n) is 8.95. The van der Waals surface area contributed by atoms with Crippen molar-refractivity contribution in [3.05, 3.63) is 63.4 Å². The van der Waals surface area contributed by atoms with Crippen LogP contribution in [0.15, 0.2) is 41.2 Å². The van der Waals surface area contributed by atoms with E-state index in [-0.39, 0.29) is 17.5 Å². The lowest BCUT2D eigenvalue weighted by Gasteiger charge is -2.27. The van der Waals surface area contributed by atoms with Gasteiger partial charge in [-0.25, -0.2) is 10.8 Å². The average molecular weight is 380 g/mol. The number of aromatic nitrogens is 2. The van der Waals surface area contributed by atoms with Crippen LogP contribution in [0.5, 0.6) is 0 Å². The fraction of sp³-hybridized carbons (Fsp3) is 0.250. The highest BCUT2D eigenvalue weighted by molar-refractivity contribution is 5.87. The van der Waals surface area contributed by atoms with E-state index in [1.54, 1.807) is 13.0 Å². The molecular weight excluding hydrogens is 360 g/mol. The molecule has 5 N–H and O–H groups in total. The molecule has 3 aromatic rings. The summed E-state index contributed by atoms with van der Waals surface area (Å²) in [6, 6.07) is 11.1. The summed E-state index contributed by atoms with van der Waals surface area (Å²) in [5.74, 6) is 4.39. The molecule has 8 nitrogen and oxygen atoms in total. The van der Waals surface area contributed by atoms with Gasteiger partial charge in [-0.3, -0.25) is 15.0 Å². The van der Waals surface area contributed by atoms with Gasteiger partial charge in [0, 0.05) is 22.1 Å². The second kappa shape index (κ2) is 6.52. The van der Waals surface area contributed by atoms with Crippen molar-refractivity contribution in [2.75, 3.05) is 0 Å². The quantitative estimate of drug-likeness (QED) is 0.232. The maximum Gasteiger partial charge on any atom is 0.270 e. The zero-order valence-corrected chi connectivity index (χ0v) is 15.3. The van der Waals surface area contributed by atoms with Gasteiger partial charge in [0.15, 0.2) is 5.60 Å². The van der Waals surface area contributed by atoms with Crippen LogP contribution in [0.2, 0.25) is 0 Å². The highest BCUT2D eigenvalue weighted by Crippen LogP contribution is 2.36. The Hall–Kier alpha value is -3.07. The Labute approximate surface area is 160 Å². The number of hydrogen-bond acceptors (Lipinski definition) is 6. The molecule has 1 aliphatic rings. The van der Waals surface area contributed by atoms with Gasteiger partial charge in [0.1, 0.15) is 0 Å². The molecule has 0 bridgehead atoms. The number of aliphatic hydroxyl groups is 2. The van der Waals surface area contributed by atoms with Gasteiger partial charge < -0.3 is 14.8 Å². The molecule has 144 valence electrons. The normalized spacial score (nSPS) is 14.4. The molecule has 1 amide bonds. The number of nitrogens with zero attached hydrogens (tertiary/aromatic N) is 2. The van der Waals surface area contributed by atoms with E-state index in [0.717, 1.165) is 16.5 Å². The molecule has 0 unspecified atom stereocenters. The van der Waals surface area contributed by atoms with Gasteiger partial charge >= 0.3 is 0 Å². The first-order valence-corrected chi connectivity index (χ1v) is 8.95. The van der Waals surface area contributed by atoms with Gasteiger partial charge in [0.05, 0.1) is 30.1 Å². The van der Waals surface area contributed by atoms with Crippen molar-refractivity contribution < 1.29 is 15.0 Å². The molecule has 0 spiro atoms. The van der Waals surface area contributed by atoms with Crippen molar-refractivity contribution >= 4 is 16.8 Å². The number of aliphatic hydroxyl groups excluding tert-OH is 1. The summed E-state index contributed by atoms with van der Waals surface area (Å²) < 4.78 is 1.50. The van der Waals surface area contributed by atoms with Crippen LogP contribution in [0.4, 0.5) is 0 Å². The Balaban J connectivity index is 2.02.